The van der Waals surface area contributed by atoms with Gasteiger partial charge in [-0.25, -0.2) is 4.79 Å². The van der Waals surface area contributed by atoms with E-state index in [0.717, 1.165) is 5.56 Å². The Kier molecular flexibility index (Phi) is 6.09. The number of nitrogens with one attached hydrogen (secondary N) is 1. The van der Waals surface area contributed by atoms with Crippen molar-refractivity contribution in [2.75, 3.05) is 13.7 Å². The molecule has 126 valence electrons. The van der Waals surface area contributed by atoms with E-state index in [4.69, 9.17) is 15.3 Å². The molecule has 1 amide bonds. The highest BCUT2D eigenvalue weighted by atomic mass is 16.7. The minimum absolute atomic E-state index is 0.279. The van der Waals surface area contributed by atoms with Crippen molar-refractivity contribution in [3.05, 3.63) is 35.9 Å². The molecular formula is C16H23N3O4. The smallest absolute Gasteiger partial charge is 0.337 e. The fraction of sp³-hybridized carbons (Fsp3) is 0.500. The SMILES string of the molecule is CCOC(=O)[C@H]1C[C@H](NC(=O)[C@@H](N)Cc2ccccc2)N(C)O1. The summed E-state index contributed by atoms with van der Waals surface area (Å²) in [5, 5.41) is 4.26. The number of amides is 1. The van der Waals surface area contributed by atoms with E-state index in [1.165, 1.54) is 5.06 Å². The first-order valence-electron chi connectivity index (χ1n) is 7.67. The van der Waals surface area contributed by atoms with Crippen molar-refractivity contribution in [3.63, 3.8) is 0 Å². The molecule has 3 atom stereocenters. The third kappa shape index (κ3) is 4.75. The van der Waals surface area contributed by atoms with Crippen molar-refractivity contribution >= 4 is 11.9 Å². The average molecular weight is 321 g/mol. The number of nitrogens with two attached hydrogens (primary N) is 1. The van der Waals surface area contributed by atoms with E-state index >= 15 is 0 Å². The van der Waals surface area contributed by atoms with Crippen molar-refractivity contribution in [2.24, 2.45) is 5.73 Å². The van der Waals surface area contributed by atoms with Gasteiger partial charge >= 0.3 is 5.97 Å². The molecule has 7 nitrogen and oxygen atoms in total. The largest absolute Gasteiger partial charge is 0.464 e. The molecule has 0 radical (unpaired) electrons. The predicted molar refractivity (Wildman–Crippen MR) is 83.9 cm³/mol. The minimum atomic E-state index is -0.699. The first-order chi connectivity index (χ1) is 11.0. The van der Waals surface area contributed by atoms with Crippen LogP contribution >= 0.6 is 0 Å². The zero-order valence-corrected chi connectivity index (χ0v) is 13.4. The Balaban J connectivity index is 1.86. The molecule has 0 aromatic heterocycles. The molecule has 0 bridgehead atoms. The predicted octanol–water partition coefficient (Wildman–Crippen LogP) is 0.198. The molecule has 0 spiro atoms. The van der Waals surface area contributed by atoms with Crippen molar-refractivity contribution in [3.8, 4) is 0 Å². The Morgan fingerprint density at radius 3 is 2.78 bits per heavy atom. The van der Waals surface area contributed by atoms with Crippen molar-refractivity contribution in [1.82, 2.24) is 10.4 Å². The molecule has 0 aliphatic carbocycles. The maximum Gasteiger partial charge on any atom is 0.337 e. The van der Waals surface area contributed by atoms with Crippen molar-refractivity contribution in [2.45, 2.75) is 38.1 Å². The fourth-order valence-electron chi connectivity index (χ4n) is 2.42. The lowest BCUT2D eigenvalue weighted by Gasteiger charge is -2.21. The average Bonchev–Trinajstić information content (AvgIpc) is 2.89. The van der Waals surface area contributed by atoms with Gasteiger partial charge in [0.25, 0.3) is 0 Å². The molecule has 1 aromatic carbocycles. The highest BCUT2D eigenvalue weighted by molar-refractivity contribution is 5.82. The molecule has 0 unspecified atom stereocenters. The minimum Gasteiger partial charge on any atom is -0.464 e. The Morgan fingerprint density at radius 2 is 2.13 bits per heavy atom. The number of carbonyl (C=O) groups is 2. The molecule has 1 heterocycles. The summed E-state index contributed by atoms with van der Waals surface area (Å²) in [5.41, 5.74) is 6.95. The van der Waals surface area contributed by atoms with Gasteiger partial charge in [0.05, 0.1) is 12.6 Å². The Morgan fingerprint density at radius 1 is 1.43 bits per heavy atom. The lowest BCUT2D eigenvalue weighted by molar-refractivity contribution is -0.182. The number of esters is 1. The number of carbonyl (C=O) groups excluding carboxylic acids is 2. The lowest BCUT2D eigenvalue weighted by atomic mass is 10.1. The molecule has 1 saturated heterocycles. The standard InChI is InChI=1S/C16H23N3O4/c1-3-22-16(21)13-10-14(19(2)23-13)18-15(20)12(17)9-11-7-5-4-6-8-11/h4-8,12-14H,3,9-10,17H2,1-2H3,(H,18,20)/t12-,13+,14+/m0/s1. The molecule has 2 rings (SSSR count). The fourth-order valence-corrected chi connectivity index (χ4v) is 2.42. The summed E-state index contributed by atoms with van der Waals surface area (Å²) >= 11 is 0. The van der Waals surface area contributed by atoms with E-state index in [0.29, 0.717) is 19.4 Å². The van der Waals surface area contributed by atoms with Gasteiger partial charge in [-0.15, -0.1) is 0 Å². The van der Waals surface area contributed by atoms with E-state index < -0.39 is 24.3 Å². The molecule has 1 aliphatic heterocycles. The molecule has 0 saturated carbocycles. The number of ether oxygens (including phenoxy) is 1. The number of rotatable bonds is 6. The van der Waals surface area contributed by atoms with E-state index in [1.54, 1.807) is 14.0 Å². The van der Waals surface area contributed by atoms with E-state index in [1.807, 2.05) is 30.3 Å². The summed E-state index contributed by atoms with van der Waals surface area (Å²) < 4.78 is 4.93. The van der Waals surface area contributed by atoms with Crippen LogP contribution in [0.15, 0.2) is 30.3 Å². The van der Waals surface area contributed by atoms with Crippen LogP contribution in [-0.2, 0) is 25.6 Å². The van der Waals surface area contributed by atoms with Gasteiger partial charge in [-0.2, -0.15) is 5.06 Å². The van der Waals surface area contributed by atoms with Crippen LogP contribution in [-0.4, -0.2) is 48.9 Å². The number of benzene rings is 1. The third-order valence-electron chi connectivity index (χ3n) is 3.66. The zero-order chi connectivity index (χ0) is 16.8. The summed E-state index contributed by atoms with van der Waals surface area (Å²) in [4.78, 5) is 29.3. The quantitative estimate of drug-likeness (QED) is 0.727. The topological polar surface area (TPSA) is 93.9 Å². The van der Waals surface area contributed by atoms with Crippen LogP contribution in [0.2, 0.25) is 0 Å². The highest BCUT2D eigenvalue weighted by Gasteiger charge is 2.37. The van der Waals surface area contributed by atoms with Crippen LogP contribution < -0.4 is 11.1 Å². The van der Waals surface area contributed by atoms with Crippen LogP contribution in [0.4, 0.5) is 0 Å². The van der Waals surface area contributed by atoms with Crippen LogP contribution in [0.3, 0.4) is 0 Å². The van der Waals surface area contributed by atoms with Crippen LogP contribution in [0.1, 0.15) is 18.9 Å². The third-order valence-corrected chi connectivity index (χ3v) is 3.66. The number of hydrogen-bond acceptors (Lipinski definition) is 6. The molecular weight excluding hydrogens is 298 g/mol. The first kappa shape index (κ1) is 17.4. The molecule has 23 heavy (non-hydrogen) atoms. The second kappa shape index (κ2) is 8.05. The van der Waals surface area contributed by atoms with Crippen LogP contribution in [0, 0.1) is 0 Å². The van der Waals surface area contributed by atoms with Crippen LogP contribution in [0.25, 0.3) is 0 Å². The lowest BCUT2D eigenvalue weighted by Crippen LogP contribution is -2.49. The van der Waals surface area contributed by atoms with E-state index in [-0.39, 0.29) is 5.91 Å². The Hall–Kier alpha value is -1.96. The van der Waals surface area contributed by atoms with Gasteiger partial charge in [0.15, 0.2) is 6.10 Å². The Bertz CT molecular complexity index is 537. The summed E-state index contributed by atoms with van der Waals surface area (Å²) in [5.74, 6) is -0.705. The number of nitrogens with zero attached hydrogens (tertiary/aromatic N) is 1. The monoisotopic (exact) mass is 321 g/mol. The summed E-state index contributed by atoms with van der Waals surface area (Å²) in [6.07, 6.45) is -0.320. The van der Waals surface area contributed by atoms with Gasteiger partial charge in [-0.1, -0.05) is 30.3 Å². The molecule has 1 aliphatic rings. The van der Waals surface area contributed by atoms with Gasteiger partial charge in [-0.3, -0.25) is 9.63 Å². The van der Waals surface area contributed by atoms with Gasteiger partial charge < -0.3 is 15.8 Å². The highest BCUT2D eigenvalue weighted by Crippen LogP contribution is 2.18. The number of hydroxylamine groups is 2. The molecule has 1 aromatic rings. The normalized spacial score (nSPS) is 22.6. The second-order valence-electron chi connectivity index (χ2n) is 5.45. The van der Waals surface area contributed by atoms with Gasteiger partial charge in [0.1, 0.15) is 6.17 Å². The number of hydrogen-bond donors (Lipinski definition) is 2. The molecule has 1 fully saturated rings. The first-order valence-corrected chi connectivity index (χ1v) is 7.67. The maximum absolute atomic E-state index is 12.2. The Labute approximate surface area is 135 Å². The summed E-state index contributed by atoms with van der Waals surface area (Å²) in [6.45, 7) is 2.03. The van der Waals surface area contributed by atoms with E-state index in [9.17, 15) is 9.59 Å². The summed E-state index contributed by atoms with van der Waals surface area (Å²) in [6, 6.07) is 8.91. The van der Waals surface area contributed by atoms with Crippen molar-refractivity contribution in [1.29, 1.82) is 0 Å². The molecule has 7 heteroatoms. The second-order valence-corrected chi connectivity index (χ2v) is 5.45. The maximum atomic E-state index is 12.2. The summed E-state index contributed by atoms with van der Waals surface area (Å²) in [7, 11) is 1.66. The molecule has 3 N–H and O–H groups in total. The van der Waals surface area contributed by atoms with Crippen LogP contribution in [0.5, 0.6) is 0 Å². The van der Waals surface area contributed by atoms with Gasteiger partial charge in [0.2, 0.25) is 5.91 Å². The van der Waals surface area contributed by atoms with Crippen molar-refractivity contribution < 1.29 is 19.2 Å². The van der Waals surface area contributed by atoms with Gasteiger partial charge in [0, 0.05) is 13.5 Å². The van der Waals surface area contributed by atoms with E-state index in [2.05, 4.69) is 5.32 Å². The zero-order valence-electron chi connectivity index (χ0n) is 13.4. The van der Waals surface area contributed by atoms with Gasteiger partial charge in [-0.05, 0) is 18.9 Å².